The zero-order chi connectivity index (χ0) is 24.0. The van der Waals surface area contributed by atoms with Crippen LogP contribution in [-0.2, 0) is 14.1 Å². The standard InChI is InChI=1S/C21H15FN4O.C4H12N2/c1-25-11-16-7-14(5-6-20(16)24-25)21-18(9-17(12-27)26(21)2)13-3-4-15(10-23)19(22)8-13;1-5-3-4-6-2/h3-9,11-12H,1-2H3;5-6H,3-4H2,1-2H3. The van der Waals surface area contributed by atoms with E-state index in [1.165, 1.54) is 12.1 Å². The van der Waals surface area contributed by atoms with E-state index in [0.717, 1.165) is 47.1 Å². The fraction of sp³-hybridized carbons (Fsp3) is 0.240. The van der Waals surface area contributed by atoms with E-state index in [2.05, 4.69) is 15.7 Å². The number of nitrogens with one attached hydrogen (secondary N) is 2. The molecule has 2 N–H and O–H groups in total. The van der Waals surface area contributed by atoms with Crippen molar-refractivity contribution in [2.75, 3.05) is 27.2 Å². The average Bonchev–Trinajstić information content (AvgIpc) is 3.35. The highest BCUT2D eigenvalue weighted by molar-refractivity contribution is 5.91. The smallest absolute Gasteiger partial charge is 0.166 e. The van der Waals surface area contributed by atoms with Gasteiger partial charge in [-0.1, -0.05) is 12.1 Å². The molecule has 0 aliphatic heterocycles. The van der Waals surface area contributed by atoms with Crippen LogP contribution in [0, 0.1) is 17.1 Å². The number of carbonyl (C=O) groups is 1. The van der Waals surface area contributed by atoms with Gasteiger partial charge in [-0.05, 0) is 55.6 Å². The predicted octanol–water partition coefficient (Wildman–Crippen LogP) is 3.49. The molecule has 0 saturated heterocycles. The fourth-order valence-corrected chi connectivity index (χ4v) is 3.62. The van der Waals surface area contributed by atoms with Crippen LogP contribution in [0.3, 0.4) is 0 Å². The fourth-order valence-electron chi connectivity index (χ4n) is 3.62. The van der Waals surface area contributed by atoms with E-state index in [4.69, 9.17) is 5.26 Å². The number of aldehydes is 1. The van der Waals surface area contributed by atoms with Crippen LogP contribution >= 0.6 is 0 Å². The zero-order valence-electron chi connectivity index (χ0n) is 19.2. The molecule has 0 unspecified atom stereocenters. The summed E-state index contributed by atoms with van der Waals surface area (Å²) in [7, 11) is 7.54. The molecule has 0 saturated carbocycles. The number of likely N-dealkylation sites (N-methyl/N-ethyl adjacent to an activating group) is 2. The minimum Gasteiger partial charge on any atom is -0.341 e. The number of fused-ring (bicyclic) bond motifs is 1. The van der Waals surface area contributed by atoms with Crippen molar-refractivity contribution >= 4 is 17.2 Å². The van der Waals surface area contributed by atoms with Gasteiger partial charge in [0.1, 0.15) is 11.9 Å². The van der Waals surface area contributed by atoms with Crippen LogP contribution in [0.15, 0.2) is 48.7 Å². The first-order valence-corrected chi connectivity index (χ1v) is 10.5. The molecule has 2 aromatic heterocycles. The Kier molecular flexibility index (Phi) is 7.72. The predicted molar refractivity (Wildman–Crippen MR) is 128 cm³/mol. The minimum absolute atomic E-state index is 0.0105. The van der Waals surface area contributed by atoms with Crippen molar-refractivity contribution in [3.05, 3.63) is 65.7 Å². The second-order valence-corrected chi connectivity index (χ2v) is 7.60. The van der Waals surface area contributed by atoms with Gasteiger partial charge in [-0.15, -0.1) is 0 Å². The lowest BCUT2D eigenvalue weighted by Gasteiger charge is -2.10. The Bertz CT molecular complexity index is 1310. The van der Waals surface area contributed by atoms with Gasteiger partial charge in [0, 0.05) is 44.3 Å². The Balaban J connectivity index is 0.000000454. The molecule has 0 amide bonds. The number of halogens is 1. The van der Waals surface area contributed by atoms with Crippen LogP contribution in [0.4, 0.5) is 4.39 Å². The van der Waals surface area contributed by atoms with Gasteiger partial charge in [0.15, 0.2) is 6.29 Å². The monoisotopic (exact) mass is 446 g/mol. The van der Waals surface area contributed by atoms with Crippen molar-refractivity contribution < 1.29 is 9.18 Å². The number of benzene rings is 2. The molecule has 0 bridgehead atoms. The highest BCUT2D eigenvalue weighted by Gasteiger charge is 2.17. The van der Waals surface area contributed by atoms with Crippen LogP contribution in [0.1, 0.15) is 16.1 Å². The van der Waals surface area contributed by atoms with Crippen LogP contribution in [0.2, 0.25) is 0 Å². The maximum Gasteiger partial charge on any atom is 0.166 e. The lowest BCUT2D eigenvalue weighted by atomic mass is 9.99. The summed E-state index contributed by atoms with van der Waals surface area (Å²) < 4.78 is 17.7. The normalized spacial score (nSPS) is 10.5. The van der Waals surface area contributed by atoms with E-state index in [1.807, 2.05) is 51.6 Å². The number of rotatable bonds is 6. The largest absolute Gasteiger partial charge is 0.341 e. The quantitative estimate of drug-likeness (QED) is 0.350. The molecule has 33 heavy (non-hydrogen) atoms. The number of carbonyl (C=O) groups excluding carboxylic acids is 1. The van der Waals surface area contributed by atoms with Gasteiger partial charge >= 0.3 is 0 Å². The number of aromatic nitrogens is 3. The van der Waals surface area contributed by atoms with Gasteiger partial charge in [0.2, 0.25) is 0 Å². The maximum absolute atomic E-state index is 14.2. The summed E-state index contributed by atoms with van der Waals surface area (Å²) in [6, 6.07) is 13.9. The molecule has 0 atom stereocenters. The van der Waals surface area contributed by atoms with Gasteiger partial charge in [-0.3, -0.25) is 9.48 Å². The van der Waals surface area contributed by atoms with Crippen LogP contribution in [0.5, 0.6) is 0 Å². The third kappa shape index (κ3) is 5.17. The second kappa shape index (κ2) is 10.7. The summed E-state index contributed by atoms with van der Waals surface area (Å²) >= 11 is 0. The van der Waals surface area contributed by atoms with E-state index in [1.54, 1.807) is 28.4 Å². The lowest BCUT2D eigenvalue weighted by molar-refractivity contribution is 0.111. The van der Waals surface area contributed by atoms with Crippen molar-refractivity contribution in [2.24, 2.45) is 14.1 Å². The molecule has 0 aliphatic rings. The third-order valence-electron chi connectivity index (χ3n) is 5.31. The highest BCUT2D eigenvalue weighted by Crippen LogP contribution is 2.36. The van der Waals surface area contributed by atoms with Crippen LogP contribution < -0.4 is 10.6 Å². The molecule has 4 aromatic rings. The Labute approximate surface area is 192 Å². The SMILES string of the molecule is CNCCNC.Cn1cc2cc(-c3c(-c4ccc(C#N)c(F)c4)cc(C=O)n3C)ccc2n1. The van der Waals surface area contributed by atoms with Gasteiger partial charge in [0.05, 0.1) is 22.5 Å². The molecule has 2 heterocycles. The van der Waals surface area contributed by atoms with E-state index in [0.29, 0.717) is 11.3 Å². The summed E-state index contributed by atoms with van der Waals surface area (Å²) in [6.45, 7) is 2.10. The van der Waals surface area contributed by atoms with Gasteiger partial charge in [-0.25, -0.2) is 4.39 Å². The summed E-state index contributed by atoms with van der Waals surface area (Å²) in [5, 5.41) is 20.3. The van der Waals surface area contributed by atoms with Crippen molar-refractivity contribution in [3.8, 4) is 28.5 Å². The van der Waals surface area contributed by atoms with E-state index >= 15 is 0 Å². The molecule has 170 valence electrons. The Morgan fingerprint density at radius 2 is 1.76 bits per heavy atom. The van der Waals surface area contributed by atoms with Crippen LogP contribution in [-0.4, -0.2) is 47.8 Å². The van der Waals surface area contributed by atoms with E-state index in [-0.39, 0.29) is 5.56 Å². The van der Waals surface area contributed by atoms with Crippen molar-refractivity contribution in [2.45, 2.75) is 0 Å². The molecule has 0 fully saturated rings. The molecule has 0 aliphatic carbocycles. The Hall–Kier alpha value is -3.80. The molecular weight excluding hydrogens is 419 g/mol. The van der Waals surface area contributed by atoms with E-state index < -0.39 is 5.82 Å². The molecule has 4 rings (SSSR count). The average molecular weight is 447 g/mol. The van der Waals surface area contributed by atoms with Crippen molar-refractivity contribution in [3.63, 3.8) is 0 Å². The molecule has 2 aromatic carbocycles. The number of nitriles is 1. The molecule has 0 spiro atoms. The molecular formula is C25H27FN6O. The molecule has 0 radical (unpaired) electrons. The number of aryl methyl sites for hydroxylation is 1. The third-order valence-corrected chi connectivity index (χ3v) is 5.31. The van der Waals surface area contributed by atoms with Crippen LogP contribution in [0.25, 0.3) is 33.3 Å². The summed E-state index contributed by atoms with van der Waals surface area (Å²) in [5.41, 5.74) is 4.37. The Morgan fingerprint density at radius 1 is 1.06 bits per heavy atom. The number of nitrogens with zero attached hydrogens (tertiary/aromatic N) is 4. The number of hydrogen-bond donors (Lipinski definition) is 2. The summed E-state index contributed by atoms with van der Waals surface area (Å²) in [5.74, 6) is -0.583. The molecule has 7 nitrogen and oxygen atoms in total. The minimum atomic E-state index is -0.583. The first-order chi connectivity index (χ1) is 15.9. The Morgan fingerprint density at radius 3 is 2.36 bits per heavy atom. The van der Waals surface area contributed by atoms with Crippen molar-refractivity contribution in [1.29, 1.82) is 5.26 Å². The van der Waals surface area contributed by atoms with Gasteiger partial charge in [-0.2, -0.15) is 10.4 Å². The zero-order valence-corrected chi connectivity index (χ0v) is 19.2. The highest BCUT2D eigenvalue weighted by atomic mass is 19.1. The lowest BCUT2D eigenvalue weighted by Crippen LogP contribution is -2.21. The summed E-state index contributed by atoms with van der Waals surface area (Å²) in [4.78, 5) is 11.5. The van der Waals surface area contributed by atoms with Crippen molar-refractivity contribution in [1.82, 2.24) is 25.0 Å². The van der Waals surface area contributed by atoms with Gasteiger partial charge < -0.3 is 15.2 Å². The second-order valence-electron chi connectivity index (χ2n) is 7.60. The topological polar surface area (TPSA) is 87.7 Å². The van der Waals surface area contributed by atoms with Gasteiger partial charge in [0.25, 0.3) is 0 Å². The van der Waals surface area contributed by atoms with E-state index in [9.17, 15) is 9.18 Å². The first kappa shape index (κ1) is 23.9. The first-order valence-electron chi connectivity index (χ1n) is 10.5. The molecule has 8 heteroatoms. The summed E-state index contributed by atoms with van der Waals surface area (Å²) in [6.07, 6.45) is 2.69. The maximum atomic E-state index is 14.2. The number of hydrogen-bond acceptors (Lipinski definition) is 5.